The third-order valence-electron chi connectivity index (χ3n) is 6.03. The van der Waals surface area contributed by atoms with E-state index < -0.39 is 12.6 Å². The molecule has 2 saturated heterocycles. The van der Waals surface area contributed by atoms with E-state index in [1.54, 1.807) is 6.07 Å². The third-order valence-corrected chi connectivity index (χ3v) is 7.68. The minimum absolute atomic E-state index is 0.236. The summed E-state index contributed by atoms with van der Waals surface area (Å²) < 4.78 is 42.5. The Hall–Kier alpha value is -1.78. The van der Waals surface area contributed by atoms with Gasteiger partial charge in [-0.3, -0.25) is 4.90 Å². The quantitative estimate of drug-likeness (QED) is 0.598. The maximum atomic E-state index is 12.8. The molecular weight excluding hydrogens is 419 g/mol. The molecule has 1 unspecified atom stereocenters. The van der Waals surface area contributed by atoms with Gasteiger partial charge in [-0.15, -0.1) is 11.3 Å². The van der Waals surface area contributed by atoms with E-state index in [-0.39, 0.29) is 10.3 Å². The van der Waals surface area contributed by atoms with Gasteiger partial charge in [0.1, 0.15) is 17.0 Å². The van der Waals surface area contributed by atoms with Crippen LogP contribution in [-0.4, -0.2) is 51.6 Å². The highest BCUT2D eigenvalue weighted by atomic mass is 32.1. The number of alkyl halides is 3. The number of nitrogens with zero attached hydrogens (tertiary/aromatic N) is 5. The standard InChI is InChI=1S/C19H20F3N5S2/c1-12(13-6-25-28-7-13)27-9-18(10-27)2-3-26(8-18)16-15-4-14(5-19(20,21)22)29-17(15)24-11-23-16/h4,6-7,11-12H,2-3,5,8-10H2,1H3. The largest absolute Gasteiger partial charge is 0.393 e. The van der Waals surface area contributed by atoms with Crippen molar-refractivity contribution in [1.82, 2.24) is 19.2 Å². The van der Waals surface area contributed by atoms with Gasteiger partial charge in [-0.25, -0.2) is 14.3 Å². The predicted molar refractivity (Wildman–Crippen MR) is 109 cm³/mol. The van der Waals surface area contributed by atoms with Gasteiger partial charge >= 0.3 is 6.18 Å². The molecule has 2 aliphatic rings. The summed E-state index contributed by atoms with van der Waals surface area (Å²) >= 11 is 2.59. The highest BCUT2D eigenvalue weighted by Gasteiger charge is 2.49. The van der Waals surface area contributed by atoms with Crippen LogP contribution in [0, 0.1) is 5.41 Å². The summed E-state index contributed by atoms with van der Waals surface area (Å²) in [6, 6.07) is 1.98. The SMILES string of the molecule is CC(c1cnsc1)N1CC2(CCN(c3ncnc4sc(CC(F)(F)F)cc34)C2)C1. The molecule has 5 rings (SSSR count). The van der Waals surface area contributed by atoms with Gasteiger partial charge in [0, 0.05) is 54.1 Å². The second-order valence-electron chi connectivity index (χ2n) is 8.13. The maximum absolute atomic E-state index is 12.8. The fraction of sp³-hybridized carbons (Fsp3) is 0.526. The molecule has 29 heavy (non-hydrogen) atoms. The average Bonchev–Trinajstić information content (AvgIpc) is 3.36. The Morgan fingerprint density at radius 3 is 2.79 bits per heavy atom. The Kier molecular flexibility index (Phi) is 4.56. The molecule has 0 bridgehead atoms. The van der Waals surface area contributed by atoms with E-state index in [1.807, 2.05) is 6.20 Å². The third kappa shape index (κ3) is 3.62. The molecule has 10 heteroatoms. The fourth-order valence-electron chi connectivity index (χ4n) is 4.52. The summed E-state index contributed by atoms with van der Waals surface area (Å²) in [6.07, 6.45) is -0.648. The van der Waals surface area contributed by atoms with E-state index in [1.165, 1.54) is 23.4 Å². The molecule has 5 nitrogen and oxygen atoms in total. The molecule has 0 saturated carbocycles. The zero-order valence-corrected chi connectivity index (χ0v) is 17.4. The minimum Gasteiger partial charge on any atom is -0.355 e. The lowest BCUT2D eigenvalue weighted by molar-refractivity contribution is -0.126. The van der Waals surface area contributed by atoms with E-state index in [4.69, 9.17) is 0 Å². The Morgan fingerprint density at radius 2 is 2.07 bits per heavy atom. The number of hydrogen-bond donors (Lipinski definition) is 0. The van der Waals surface area contributed by atoms with Gasteiger partial charge in [-0.2, -0.15) is 13.2 Å². The Bertz CT molecular complexity index is 1010. The lowest BCUT2D eigenvalue weighted by Crippen LogP contribution is -2.58. The highest BCUT2D eigenvalue weighted by Crippen LogP contribution is 2.45. The minimum atomic E-state index is -4.21. The summed E-state index contributed by atoms with van der Waals surface area (Å²) in [7, 11) is 0. The lowest BCUT2D eigenvalue weighted by Gasteiger charge is -2.50. The molecule has 5 heterocycles. The van der Waals surface area contributed by atoms with Gasteiger partial charge in [0.2, 0.25) is 0 Å². The van der Waals surface area contributed by atoms with Crippen LogP contribution in [0.3, 0.4) is 0 Å². The topological polar surface area (TPSA) is 45.2 Å². The van der Waals surface area contributed by atoms with Crippen LogP contribution in [0.15, 0.2) is 24.0 Å². The van der Waals surface area contributed by atoms with Crippen molar-refractivity contribution < 1.29 is 13.2 Å². The normalized spacial score (nSPS) is 20.5. The van der Waals surface area contributed by atoms with E-state index in [0.717, 1.165) is 55.1 Å². The summed E-state index contributed by atoms with van der Waals surface area (Å²) in [6.45, 7) is 6.02. The van der Waals surface area contributed by atoms with E-state index in [9.17, 15) is 13.2 Å². The van der Waals surface area contributed by atoms with Crippen LogP contribution >= 0.6 is 22.9 Å². The zero-order valence-electron chi connectivity index (χ0n) is 15.8. The Labute approximate surface area is 174 Å². The van der Waals surface area contributed by atoms with Crippen molar-refractivity contribution in [3.63, 3.8) is 0 Å². The van der Waals surface area contributed by atoms with Crippen LogP contribution in [-0.2, 0) is 6.42 Å². The van der Waals surface area contributed by atoms with E-state index in [0.29, 0.717) is 10.9 Å². The van der Waals surface area contributed by atoms with Gasteiger partial charge in [-0.1, -0.05) is 0 Å². The summed E-state index contributed by atoms with van der Waals surface area (Å²) in [5.41, 5.74) is 1.49. The van der Waals surface area contributed by atoms with E-state index in [2.05, 4.69) is 36.4 Å². The molecule has 0 N–H and O–H groups in total. The first-order chi connectivity index (χ1) is 13.8. The van der Waals surface area contributed by atoms with Crippen LogP contribution < -0.4 is 4.90 Å². The van der Waals surface area contributed by atoms with Gasteiger partial charge in [0.15, 0.2) is 0 Å². The molecule has 0 amide bonds. The van der Waals surface area contributed by atoms with Crippen molar-refractivity contribution >= 4 is 38.9 Å². The van der Waals surface area contributed by atoms with E-state index >= 15 is 0 Å². The molecule has 0 radical (unpaired) electrons. The summed E-state index contributed by atoms with van der Waals surface area (Å²) in [5.74, 6) is 0.769. The molecule has 154 valence electrons. The molecule has 3 aromatic heterocycles. The lowest BCUT2D eigenvalue weighted by atomic mass is 9.78. The van der Waals surface area contributed by atoms with Crippen LogP contribution in [0.1, 0.15) is 29.8 Å². The summed E-state index contributed by atoms with van der Waals surface area (Å²) in [4.78, 5) is 14.2. The van der Waals surface area contributed by atoms with Gasteiger partial charge in [0.05, 0.1) is 11.8 Å². The van der Waals surface area contributed by atoms with Crippen molar-refractivity contribution in [3.8, 4) is 0 Å². The number of hydrogen-bond acceptors (Lipinski definition) is 7. The van der Waals surface area contributed by atoms with Crippen molar-refractivity contribution in [1.29, 1.82) is 0 Å². The van der Waals surface area contributed by atoms with Crippen LogP contribution in [0.5, 0.6) is 0 Å². The average molecular weight is 440 g/mol. The summed E-state index contributed by atoms with van der Waals surface area (Å²) in [5, 5.41) is 2.84. The first-order valence-corrected chi connectivity index (χ1v) is 11.2. The first-order valence-electron chi connectivity index (χ1n) is 9.50. The predicted octanol–water partition coefficient (Wildman–Crippen LogP) is 4.53. The van der Waals surface area contributed by atoms with Gasteiger partial charge in [-0.05, 0) is 36.5 Å². The molecule has 1 atom stereocenters. The smallest absolute Gasteiger partial charge is 0.355 e. The first kappa shape index (κ1) is 19.2. The molecule has 0 aliphatic carbocycles. The van der Waals surface area contributed by atoms with Gasteiger partial charge in [0.25, 0.3) is 0 Å². The van der Waals surface area contributed by atoms with Crippen LogP contribution in [0.4, 0.5) is 19.0 Å². The molecule has 0 aromatic carbocycles. The number of fused-ring (bicyclic) bond motifs is 1. The van der Waals surface area contributed by atoms with Crippen LogP contribution in [0.25, 0.3) is 10.2 Å². The van der Waals surface area contributed by atoms with Gasteiger partial charge < -0.3 is 4.90 Å². The number of aromatic nitrogens is 3. The van der Waals surface area contributed by atoms with Crippen LogP contribution in [0.2, 0.25) is 0 Å². The van der Waals surface area contributed by atoms with Crippen molar-refractivity contribution in [2.45, 2.75) is 32.0 Å². The number of rotatable bonds is 4. The monoisotopic (exact) mass is 439 g/mol. The number of thiophene rings is 1. The Balaban J connectivity index is 1.31. The second kappa shape index (κ2) is 6.88. The highest BCUT2D eigenvalue weighted by molar-refractivity contribution is 7.18. The van der Waals surface area contributed by atoms with Crippen molar-refractivity contribution in [3.05, 3.63) is 34.4 Å². The van der Waals surface area contributed by atoms with Crippen molar-refractivity contribution in [2.24, 2.45) is 5.41 Å². The maximum Gasteiger partial charge on any atom is 0.393 e. The molecule has 2 aliphatic heterocycles. The molecule has 3 aromatic rings. The fourth-order valence-corrected chi connectivity index (χ4v) is 6.17. The van der Waals surface area contributed by atoms with Crippen molar-refractivity contribution in [2.75, 3.05) is 31.1 Å². The molecular formula is C19H20F3N5S2. The Morgan fingerprint density at radius 1 is 1.24 bits per heavy atom. The molecule has 1 spiro atoms. The second-order valence-corrected chi connectivity index (χ2v) is 9.90. The number of anilines is 1. The number of halogens is 3. The molecule has 2 fully saturated rings. The number of likely N-dealkylation sites (tertiary alicyclic amines) is 1. The zero-order chi connectivity index (χ0) is 20.2.